The zero-order chi connectivity index (χ0) is 13.9. The van der Waals surface area contributed by atoms with Crippen LogP contribution in [-0.4, -0.2) is 43.1 Å². The summed E-state index contributed by atoms with van der Waals surface area (Å²) >= 11 is 1.72. The third-order valence-electron chi connectivity index (χ3n) is 3.93. The fourth-order valence-electron chi connectivity index (χ4n) is 2.66. The van der Waals surface area contributed by atoms with E-state index in [2.05, 4.69) is 21.8 Å². The summed E-state index contributed by atoms with van der Waals surface area (Å²) in [5.74, 6) is 0. The highest BCUT2D eigenvalue weighted by molar-refractivity contribution is 7.22. The molecule has 0 radical (unpaired) electrons. The first-order chi connectivity index (χ1) is 9.72. The fraction of sp³-hybridized carbons (Fsp3) is 0.533. The molecular weight excluding hydrogens is 268 g/mol. The van der Waals surface area contributed by atoms with Gasteiger partial charge in [-0.3, -0.25) is 0 Å². The minimum Gasteiger partial charge on any atom is -0.399 e. The van der Waals surface area contributed by atoms with Crippen molar-refractivity contribution in [3.63, 3.8) is 0 Å². The van der Waals surface area contributed by atoms with Crippen molar-refractivity contribution in [2.24, 2.45) is 0 Å². The zero-order valence-electron chi connectivity index (χ0n) is 12.0. The van der Waals surface area contributed by atoms with Crippen LogP contribution >= 0.6 is 11.3 Å². The molecule has 1 fully saturated rings. The van der Waals surface area contributed by atoms with Crippen LogP contribution in [0.5, 0.6) is 0 Å². The van der Waals surface area contributed by atoms with E-state index in [1.807, 2.05) is 18.2 Å². The van der Waals surface area contributed by atoms with Gasteiger partial charge in [-0.2, -0.15) is 0 Å². The van der Waals surface area contributed by atoms with Crippen molar-refractivity contribution in [1.29, 1.82) is 0 Å². The second-order valence-electron chi connectivity index (χ2n) is 5.55. The van der Waals surface area contributed by atoms with E-state index in [1.54, 1.807) is 11.3 Å². The molecule has 1 aliphatic rings. The average Bonchev–Trinajstić information content (AvgIpc) is 2.89. The van der Waals surface area contributed by atoms with Crippen molar-refractivity contribution in [3.8, 4) is 0 Å². The Morgan fingerprint density at radius 3 is 2.90 bits per heavy atom. The number of anilines is 2. The first-order valence-electron chi connectivity index (χ1n) is 7.32. The molecular formula is C15H22N4S. The first kappa shape index (κ1) is 13.6. The minimum absolute atomic E-state index is 0.809. The molecule has 4 nitrogen and oxygen atoms in total. The first-order valence-corrected chi connectivity index (χ1v) is 8.13. The molecule has 0 atom stereocenters. The fourth-order valence-corrected chi connectivity index (χ4v) is 3.66. The van der Waals surface area contributed by atoms with E-state index in [-0.39, 0.29) is 0 Å². The lowest BCUT2D eigenvalue weighted by Crippen LogP contribution is -2.36. The number of nitrogens with zero attached hydrogens (tertiary/aromatic N) is 3. The molecule has 2 heterocycles. The average molecular weight is 290 g/mol. The number of nitrogens with two attached hydrogens (primary N) is 1. The van der Waals surface area contributed by atoms with Crippen LogP contribution in [0.3, 0.4) is 0 Å². The summed E-state index contributed by atoms with van der Waals surface area (Å²) in [6, 6.07) is 5.93. The molecule has 0 unspecified atom stereocenters. The molecule has 3 rings (SSSR count). The maximum atomic E-state index is 5.82. The van der Waals surface area contributed by atoms with Gasteiger partial charge in [-0.05, 0) is 44.1 Å². The summed E-state index contributed by atoms with van der Waals surface area (Å²) in [5.41, 5.74) is 7.68. The molecule has 1 saturated heterocycles. The van der Waals surface area contributed by atoms with Crippen LogP contribution in [0.4, 0.5) is 10.8 Å². The standard InChI is InChI=1S/C15H22N4S/c1-18(9-10-19-7-3-2-4-8-19)15-17-13-6-5-12(16)11-14(13)20-15/h5-6,11H,2-4,7-10,16H2,1H3. The predicted octanol–water partition coefficient (Wildman–Crippen LogP) is 2.80. The van der Waals surface area contributed by atoms with Crippen LogP contribution in [0.2, 0.25) is 0 Å². The molecule has 2 N–H and O–H groups in total. The number of hydrogen-bond acceptors (Lipinski definition) is 5. The molecule has 20 heavy (non-hydrogen) atoms. The van der Waals surface area contributed by atoms with Gasteiger partial charge in [-0.15, -0.1) is 0 Å². The van der Waals surface area contributed by atoms with Gasteiger partial charge in [0.1, 0.15) is 0 Å². The predicted molar refractivity (Wildman–Crippen MR) is 87.6 cm³/mol. The Hall–Kier alpha value is -1.33. The van der Waals surface area contributed by atoms with Crippen molar-refractivity contribution < 1.29 is 0 Å². The molecule has 2 aromatic rings. The number of likely N-dealkylation sites (tertiary alicyclic amines) is 1. The Balaban J connectivity index is 1.64. The second-order valence-corrected chi connectivity index (χ2v) is 6.56. The van der Waals surface area contributed by atoms with Crippen molar-refractivity contribution >= 4 is 32.4 Å². The number of benzene rings is 1. The van der Waals surface area contributed by atoms with E-state index >= 15 is 0 Å². The summed E-state index contributed by atoms with van der Waals surface area (Å²) in [6.07, 6.45) is 4.10. The normalized spacial score (nSPS) is 16.6. The number of hydrogen-bond donors (Lipinski definition) is 1. The molecule has 5 heteroatoms. The molecule has 1 aromatic carbocycles. The lowest BCUT2D eigenvalue weighted by Gasteiger charge is -2.28. The second kappa shape index (κ2) is 5.97. The number of piperidine rings is 1. The molecule has 0 bridgehead atoms. The number of nitrogen functional groups attached to an aromatic ring is 1. The van der Waals surface area contributed by atoms with E-state index in [9.17, 15) is 0 Å². The summed E-state index contributed by atoms with van der Waals surface area (Å²) in [4.78, 5) is 9.51. The number of likely N-dealkylation sites (N-methyl/N-ethyl adjacent to an activating group) is 1. The van der Waals surface area contributed by atoms with E-state index in [0.29, 0.717) is 0 Å². The number of thiazole rings is 1. The highest BCUT2D eigenvalue weighted by atomic mass is 32.1. The third kappa shape index (κ3) is 3.04. The summed E-state index contributed by atoms with van der Waals surface area (Å²) in [6.45, 7) is 4.68. The maximum absolute atomic E-state index is 5.82. The highest BCUT2D eigenvalue weighted by Crippen LogP contribution is 2.29. The van der Waals surface area contributed by atoms with Crippen LogP contribution in [-0.2, 0) is 0 Å². The summed E-state index contributed by atoms with van der Waals surface area (Å²) in [7, 11) is 2.13. The van der Waals surface area contributed by atoms with E-state index in [4.69, 9.17) is 5.73 Å². The number of aromatic nitrogens is 1. The van der Waals surface area contributed by atoms with Gasteiger partial charge in [-0.1, -0.05) is 17.8 Å². The van der Waals surface area contributed by atoms with Gasteiger partial charge in [0.2, 0.25) is 0 Å². The molecule has 108 valence electrons. The van der Waals surface area contributed by atoms with Gasteiger partial charge in [0.25, 0.3) is 0 Å². The number of fused-ring (bicyclic) bond motifs is 1. The van der Waals surface area contributed by atoms with Gasteiger partial charge < -0.3 is 15.5 Å². The number of rotatable bonds is 4. The Morgan fingerprint density at radius 1 is 1.30 bits per heavy atom. The van der Waals surface area contributed by atoms with Gasteiger partial charge in [0, 0.05) is 25.8 Å². The van der Waals surface area contributed by atoms with Gasteiger partial charge in [-0.25, -0.2) is 4.98 Å². The molecule has 0 spiro atoms. The third-order valence-corrected chi connectivity index (χ3v) is 5.06. The summed E-state index contributed by atoms with van der Waals surface area (Å²) < 4.78 is 1.17. The molecule has 0 amide bonds. The molecule has 1 aromatic heterocycles. The highest BCUT2D eigenvalue weighted by Gasteiger charge is 2.13. The molecule has 0 saturated carbocycles. The van der Waals surface area contributed by atoms with Crippen molar-refractivity contribution in [1.82, 2.24) is 9.88 Å². The lowest BCUT2D eigenvalue weighted by atomic mass is 10.1. The zero-order valence-corrected chi connectivity index (χ0v) is 12.8. The quantitative estimate of drug-likeness (QED) is 0.880. The topological polar surface area (TPSA) is 45.4 Å². The van der Waals surface area contributed by atoms with Crippen LogP contribution in [0, 0.1) is 0 Å². The summed E-state index contributed by atoms with van der Waals surface area (Å²) in [5, 5.41) is 1.09. The van der Waals surface area contributed by atoms with E-state index in [0.717, 1.165) is 29.4 Å². The molecule has 1 aliphatic heterocycles. The van der Waals surface area contributed by atoms with Crippen LogP contribution in [0.25, 0.3) is 10.2 Å². The van der Waals surface area contributed by atoms with Gasteiger partial charge in [0.15, 0.2) is 5.13 Å². The van der Waals surface area contributed by atoms with Gasteiger partial charge in [0.05, 0.1) is 10.2 Å². The van der Waals surface area contributed by atoms with Gasteiger partial charge >= 0.3 is 0 Å². The largest absolute Gasteiger partial charge is 0.399 e. The van der Waals surface area contributed by atoms with Crippen LogP contribution in [0.15, 0.2) is 18.2 Å². The Kier molecular flexibility index (Phi) is 4.08. The van der Waals surface area contributed by atoms with Crippen molar-refractivity contribution in [2.75, 3.05) is 43.9 Å². The minimum atomic E-state index is 0.809. The Labute approximate surface area is 124 Å². The Bertz CT molecular complexity index is 574. The van der Waals surface area contributed by atoms with E-state index < -0.39 is 0 Å². The van der Waals surface area contributed by atoms with Crippen LogP contribution < -0.4 is 10.6 Å². The van der Waals surface area contributed by atoms with Crippen molar-refractivity contribution in [2.45, 2.75) is 19.3 Å². The van der Waals surface area contributed by atoms with Crippen molar-refractivity contribution in [3.05, 3.63) is 18.2 Å². The lowest BCUT2D eigenvalue weighted by molar-refractivity contribution is 0.234. The monoisotopic (exact) mass is 290 g/mol. The van der Waals surface area contributed by atoms with E-state index in [1.165, 1.54) is 37.1 Å². The molecule has 0 aliphatic carbocycles. The maximum Gasteiger partial charge on any atom is 0.186 e. The Morgan fingerprint density at radius 2 is 2.10 bits per heavy atom. The smallest absolute Gasteiger partial charge is 0.186 e. The SMILES string of the molecule is CN(CCN1CCCCC1)c1nc2ccc(N)cc2s1. The van der Waals surface area contributed by atoms with Crippen LogP contribution in [0.1, 0.15) is 19.3 Å².